The van der Waals surface area contributed by atoms with Crippen molar-refractivity contribution >= 4 is 13.6 Å². The van der Waals surface area contributed by atoms with Crippen LogP contribution in [0, 0.1) is 0 Å². The third-order valence-corrected chi connectivity index (χ3v) is 4.13. The van der Waals surface area contributed by atoms with Gasteiger partial charge in [-0.3, -0.25) is 0 Å². The highest BCUT2D eigenvalue weighted by molar-refractivity contribution is 7.45. The molecular weight excluding hydrogens is 309 g/mol. The number of hydrogen-bond donors (Lipinski definition) is 4. The zero-order valence-corrected chi connectivity index (χ0v) is 13.2. The van der Waals surface area contributed by atoms with Crippen LogP contribution in [0.5, 0.6) is 0 Å². The van der Waals surface area contributed by atoms with Gasteiger partial charge in [0.15, 0.2) is 0 Å². The quantitative estimate of drug-likeness (QED) is 0.488. The Kier molecular flexibility index (Phi) is 4.24. The number of phosphoric acid groups is 1. The van der Waals surface area contributed by atoms with Crippen molar-refractivity contribution in [1.29, 1.82) is 0 Å². The normalized spacial score (nSPS) is 25.9. The third kappa shape index (κ3) is 3.32. The number of ether oxygens (including phenoxy) is 1. The molecule has 0 radical (unpaired) electrons. The van der Waals surface area contributed by atoms with E-state index in [2.05, 4.69) is 23.2 Å². The average Bonchev–Trinajstić information content (AvgIpc) is 2.97. The van der Waals surface area contributed by atoms with Gasteiger partial charge in [-0.05, 0) is 25.0 Å². The number of fused-ring (bicyclic) bond motifs is 4. The standard InChI is InChI=1S/C13H17N3O.H3O4P/c1-8-4-14-5-11-3-9-2-10-6-17-7-12(10)15-13(9)16(8)11;1-5(2,3)4/h2,8,11,14H,3-7H2,1H3;(H3,1,2,3,4)/t8-,11-;/m1./s1. The molecule has 122 valence electrons. The van der Waals surface area contributed by atoms with Gasteiger partial charge in [0.1, 0.15) is 5.82 Å². The number of pyridine rings is 1. The molecule has 4 rings (SSSR count). The van der Waals surface area contributed by atoms with Gasteiger partial charge in [0.2, 0.25) is 0 Å². The van der Waals surface area contributed by atoms with E-state index in [4.69, 9.17) is 29.0 Å². The first-order valence-corrected chi connectivity index (χ1v) is 8.76. The Labute approximate surface area is 128 Å². The molecule has 0 unspecified atom stereocenters. The van der Waals surface area contributed by atoms with Crippen molar-refractivity contribution in [3.05, 3.63) is 22.9 Å². The number of nitrogens with zero attached hydrogens (tertiary/aromatic N) is 2. The molecule has 9 heteroatoms. The van der Waals surface area contributed by atoms with Gasteiger partial charge in [-0.2, -0.15) is 0 Å². The molecule has 0 amide bonds. The summed E-state index contributed by atoms with van der Waals surface area (Å²) in [4.78, 5) is 28.9. The number of piperazine rings is 1. The molecule has 0 aromatic carbocycles. The largest absolute Gasteiger partial charge is 0.466 e. The summed E-state index contributed by atoms with van der Waals surface area (Å²) in [6, 6.07) is 3.46. The molecule has 0 spiro atoms. The Hall–Kier alpha value is -1.02. The Morgan fingerprint density at radius 2 is 2.05 bits per heavy atom. The highest BCUT2D eigenvalue weighted by Gasteiger charge is 2.37. The minimum atomic E-state index is -4.64. The lowest BCUT2D eigenvalue weighted by molar-refractivity contribution is 0.133. The van der Waals surface area contributed by atoms with Gasteiger partial charge in [0, 0.05) is 30.7 Å². The molecule has 1 fully saturated rings. The first-order chi connectivity index (χ1) is 10.3. The Morgan fingerprint density at radius 3 is 2.77 bits per heavy atom. The molecule has 1 aromatic rings. The third-order valence-electron chi connectivity index (χ3n) is 4.13. The summed E-state index contributed by atoms with van der Waals surface area (Å²) >= 11 is 0. The second-order valence-electron chi connectivity index (χ2n) is 5.86. The Balaban J connectivity index is 0.000000254. The molecule has 2 atom stereocenters. The van der Waals surface area contributed by atoms with Gasteiger partial charge < -0.3 is 29.6 Å². The van der Waals surface area contributed by atoms with Crippen LogP contribution in [0.1, 0.15) is 23.7 Å². The van der Waals surface area contributed by atoms with E-state index >= 15 is 0 Å². The Bertz CT molecular complexity index is 612. The molecule has 4 N–H and O–H groups in total. The van der Waals surface area contributed by atoms with E-state index < -0.39 is 7.82 Å². The predicted molar refractivity (Wildman–Crippen MR) is 79.3 cm³/mol. The molecule has 0 bridgehead atoms. The molecule has 8 nitrogen and oxygen atoms in total. The second-order valence-corrected chi connectivity index (χ2v) is 6.88. The van der Waals surface area contributed by atoms with E-state index in [1.165, 1.54) is 16.9 Å². The summed E-state index contributed by atoms with van der Waals surface area (Å²) in [5.41, 5.74) is 3.86. The van der Waals surface area contributed by atoms with Gasteiger partial charge in [0.25, 0.3) is 0 Å². The Morgan fingerprint density at radius 1 is 1.32 bits per heavy atom. The first kappa shape index (κ1) is 15.9. The van der Waals surface area contributed by atoms with Crippen molar-refractivity contribution in [3.8, 4) is 0 Å². The van der Waals surface area contributed by atoms with Crippen molar-refractivity contribution < 1.29 is 24.0 Å². The van der Waals surface area contributed by atoms with Crippen LogP contribution in [0.3, 0.4) is 0 Å². The summed E-state index contributed by atoms with van der Waals surface area (Å²) in [5.74, 6) is 1.22. The van der Waals surface area contributed by atoms with Crippen LogP contribution in [0.15, 0.2) is 6.07 Å². The van der Waals surface area contributed by atoms with E-state index in [1.807, 2.05) is 0 Å². The SMILES string of the molecule is C[C@@H]1CNC[C@H]2Cc3cc4c(nc3N21)COC4.O=P(O)(O)O. The maximum absolute atomic E-state index is 8.88. The monoisotopic (exact) mass is 329 g/mol. The average molecular weight is 329 g/mol. The highest BCUT2D eigenvalue weighted by Crippen LogP contribution is 2.36. The maximum atomic E-state index is 8.88. The lowest BCUT2D eigenvalue weighted by atomic mass is 10.1. The number of aromatic nitrogens is 1. The first-order valence-electron chi connectivity index (χ1n) is 7.19. The van der Waals surface area contributed by atoms with Crippen LogP contribution in [0.25, 0.3) is 0 Å². The number of rotatable bonds is 0. The fourth-order valence-electron chi connectivity index (χ4n) is 3.33. The van der Waals surface area contributed by atoms with Crippen LogP contribution in [0.2, 0.25) is 0 Å². The number of anilines is 1. The van der Waals surface area contributed by atoms with E-state index in [1.54, 1.807) is 0 Å². The van der Waals surface area contributed by atoms with Crippen LogP contribution >= 0.6 is 7.82 Å². The van der Waals surface area contributed by atoms with Gasteiger partial charge in [-0.1, -0.05) is 0 Å². The zero-order valence-electron chi connectivity index (χ0n) is 12.3. The molecule has 0 aliphatic carbocycles. The second kappa shape index (κ2) is 5.88. The van der Waals surface area contributed by atoms with Gasteiger partial charge in [-0.15, -0.1) is 0 Å². The smallest absolute Gasteiger partial charge is 0.370 e. The van der Waals surface area contributed by atoms with E-state index in [0.717, 1.165) is 31.8 Å². The number of hydrogen-bond acceptors (Lipinski definition) is 5. The van der Waals surface area contributed by atoms with Crippen molar-refractivity contribution in [2.45, 2.75) is 38.6 Å². The van der Waals surface area contributed by atoms with Crippen LogP contribution in [0.4, 0.5) is 5.82 Å². The summed E-state index contributed by atoms with van der Waals surface area (Å²) in [6.07, 6.45) is 1.13. The molecule has 22 heavy (non-hydrogen) atoms. The van der Waals surface area contributed by atoms with E-state index in [9.17, 15) is 0 Å². The summed E-state index contributed by atoms with van der Waals surface area (Å²) < 4.78 is 14.3. The summed E-state index contributed by atoms with van der Waals surface area (Å²) in [7, 11) is -4.64. The summed E-state index contributed by atoms with van der Waals surface area (Å²) in [6.45, 7) is 5.86. The highest BCUT2D eigenvalue weighted by atomic mass is 31.2. The lowest BCUT2D eigenvalue weighted by Crippen LogP contribution is -2.55. The van der Waals surface area contributed by atoms with Crippen molar-refractivity contribution in [2.24, 2.45) is 0 Å². The number of nitrogens with one attached hydrogen (secondary N) is 1. The minimum Gasteiger partial charge on any atom is -0.370 e. The van der Waals surface area contributed by atoms with Crippen molar-refractivity contribution in [2.75, 3.05) is 18.0 Å². The topological polar surface area (TPSA) is 115 Å². The van der Waals surface area contributed by atoms with E-state index in [-0.39, 0.29) is 0 Å². The molecular formula is C13H20N3O5P. The zero-order chi connectivity index (χ0) is 15.9. The fraction of sp³-hybridized carbons (Fsp3) is 0.615. The van der Waals surface area contributed by atoms with Crippen molar-refractivity contribution in [1.82, 2.24) is 10.3 Å². The molecule has 3 aliphatic rings. The summed E-state index contributed by atoms with van der Waals surface area (Å²) in [5, 5.41) is 3.50. The predicted octanol–water partition coefficient (Wildman–Crippen LogP) is -0.0940. The van der Waals surface area contributed by atoms with Crippen LogP contribution < -0.4 is 10.2 Å². The van der Waals surface area contributed by atoms with Crippen LogP contribution in [-0.4, -0.2) is 44.8 Å². The van der Waals surface area contributed by atoms with E-state index in [0.29, 0.717) is 18.7 Å². The minimum absolute atomic E-state index is 0.544. The molecule has 0 saturated carbocycles. The molecule has 4 heterocycles. The molecule has 3 aliphatic heterocycles. The van der Waals surface area contributed by atoms with Gasteiger partial charge in [0.05, 0.1) is 18.9 Å². The molecule has 1 saturated heterocycles. The molecule has 1 aromatic heterocycles. The maximum Gasteiger partial charge on any atom is 0.466 e. The van der Waals surface area contributed by atoms with Gasteiger partial charge in [-0.25, -0.2) is 9.55 Å². The van der Waals surface area contributed by atoms with Crippen molar-refractivity contribution in [3.63, 3.8) is 0 Å². The van der Waals surface area contributed by atoms with Gasteiger partial charge >= 0.3 is 7.82 Å². The lowest BCUT2D eigenvalue weighted by Gasteiger charge is -2.37. The van der Waals surface area contributed by atoms with Crippen LogP contribution in [-0.2, 0) is 28.9 Å². The fourth-order valence-corrected chi connectivity index (χ4v) is 3.33.